The lowest BCUT2D eigenvalue weighted by Gasteiger charge is -2.14. The molecule has 0 atom stereocenters. The Bertz CT molecular complexity index is 1030. The van der Waals surface area contributed by atoms with Gasteiger partial charge in [-0.15, -0.1) is 0 Å². The molecule has 2 aromatic heterocycles. The highest BCUT2D eigenvalue weighted by molar-refractivity contribution is 6.02. The van der Waals surface area contributed by atoms with Crippen LogP contribution >= 0.6 is 0 Å². The van der Waals surface area contributed by atoms with Crippen LogP contribution in [0.3, 0.4) is 0 Å². The Morgan fingerprint density at radius 2 is 2.17 bits per heavy atom. The SMILES string of the molecule is Cc1cc(C2=NCCN2C)cc2[nH]c(-c3c(N)cc[nH]c3=O)nc12. The molecule has 0 bridgehead atoms. The number of rotatable bonds is 2. The van der Waals surface area contributed by atoms with Gasteiger partial charge in [-0.2, -0.15) is 0 Å². The first-order valence-electron chi connectivity index (χ1n) is 7.78. The zero-order chi connectivity index (χ0) is 16.8. The Kier molecular flexibility index (Phi) is 3.16. The minimum atomic E-state index is -0.258. The Morgan fingerprint density at radius 1 is 1.33 bits per heavy atom. The van der Waals surface area contributed by atoms with Crippen LogP contribution in [0.4, 0.5) is 5.69 Å². The first kappa shape index (κ1) is 14.5. The quantitative estimate of drug-likeness (QED) is 0.665. The van der Waals surface area contributed by atoms with E-state index < -0.39 is 0 Å². The van der Waals surface area contributed by atoms with Crippen molar-refractivity contribution in [2.75, 3.05) is 25.9 Å². The zero-order valence-electron chi connectivity index (χ0n) is 13.6. The first-order valence-corrected chi connectivity index (χ1v) is 7.78. The van der Waals surface area contributed by atoms with Crippen molar-refractivity contribution in [1.82, 2.24) is 19.9 Å². The van der Waals surface area contributed by atoms with Gasteiger partial charge in [0, 0.05) is 31.0 Å². The summed E-state index contributed by atoms with van der Waals surface area (Å²) in [6, 6.07) is 5.75. The van der Waals surface area contributed by atoms with Gasteiger partial charge in [0.05, 0.1) is 17.6 Å². The molecule has 1 aromatic carbocycles. The average Bonchev–Trinajstić information content (AvgIpc) is 3.13. The Hall–Kier alpha value is -3.09. The molecule has 0 unspecified atom stereocenters. The van der Waals surface area contributed by atoms with Crippen molar-refractivity contribution in [3.8, 4) is 11.4 Å². The number of aliphatic imine (C=N–C) groups is 1. The smallest absolute Gasteiger partial charge is 0.261 e. The van der Waals surface area contributed by atoms with E-state index in [4.69, 9.17) is 5.73 Å². The van der Waals surface area contributed by atoms with Gasteiger partial charge in [0.15, 0.2) is 0 Å². The molecule has 1 aliphatic heterocycles. The van der Waals surface area contributed by atoms with E-state index in [1.165, 1.54) is 6.20 Å². The summed E-state index contributed by atoms with van der Waals surface area (Å²) < 4.78 is 0. The molecule has 4 N–H and O–H groups in total. The van der Waals surface area contributed by atoms with Gasteiger partial charge >= 0.3 is 0 Å². The third-order valence-electron chi connectivity index (χ3n) is 4.32. The average molecular weight is 322 g/mol. The molecule has 0 saturated heterocycles. The van der Waals surface area contributed by atoms with Crippen molar-refractivity contribution in [1.29, 1.82) is 0 Å². The van der Waals surface area contributed by atoms with Gasteiger partial charge in [-0.25, -0.2) is 4.98 Å². The van der Waals surface area contributed by atoms with Crippen molar-refractivity contribution in [3.05, 3.63) is 45.9 Å². The number of fused-ring (bicyclic) bond motifs is 1. The van der Waals surface area contributed by atoms with Gasteiger partial charge in [-0.1, -0.05) is 0 Å². The number of amidine groups is 1. The number of nitrogen functional groups attached to an aromatic ring is 1. The number of imidazole rings is 1. The van der Waals surface area contributed by atoms with Crippen LogP contribution in [-0.2, 0) is 0 Å². The Labute approximate surface area is 138 Å². The van der Waals surface area contributed by atoms with Gasteiger partial charge in [0.1, 0.15) is 17.2 Å². The molecular formula is C17H18N6O. The number of nitrogens with two attached hydrogens (primary N) is 1. The van der Waals surface area contributed by atoms with Crippen LogP contribution in [0.5, 0.6) is 0 Å². The summed E-state index contributed by atoms with van der Waals surface area (Å²) in [5.74, 6) is 1.46. The van der Waals surface area contributed by atoms with Gasteiger partial charge in [-0.05, 0) is 30.7 Å². The van der Waals surface area contributed by atoms with E-state index in [9.17, 15) is 4.79 Å². The molecule has 122 valence electrons. The van der Waals surface area contributed by atoms with Crippen LogP contribution in [-0.4, -0.2) is 45.8 Å². The van der Waals surface area contributed by atoms with Crippen molar-refractivity contribution in [2.24, 2.45) is 4.99 Å². The highest BCUT2D eigenvalue weighted by Crippen LogP contribution is 2.26. The molecule has 0 radical (unpaired) electrons. The second-order valence-electron chi connectivity index (χ2n) is 6.04. The minimum absolute atomic E-state index is 0.258. The summed E-state index contributed by atoms with van der Waals surface area (Å²) in [5, 5.41) is 0. The van der Waals surface area contributed by atoms with Crippen molar-refractivity contribution in [3.63, 3.8) is 0 Å². The van der Waals surface area contributed by atoms with Crippen molar-refractivity contribution < 1.29 is 0 Å². The van der Waals surface area contributed by atoms with E-state index in [-0.39, 0.29) is 5.56 Å². The summed E-state index contributed by atoms with van der Waals surface area (Å²) in [7, 11) is 2.04. The number of likely N-dealkylation sites (N-methyl/N-ethyl adjacent to an activating group) is 1. The number of nitrogens with one attached hydrogen (secondary N) is 2. The fourth-order valence-corrected chi connectivity index (χ4v) is 3.12. The third kappa shape index (κ3) is 2.17. The molecule has 7 nitrogen and oxygen atoms in total. The first-order chi connectivity index (χ1) is 11.5. The lowest BCUT2D eigenvalue weighted by Crippen LogP contribution is -2.23. The standard InChI is InChI=1S/C17H18N6O/c1-9-7-10(16-19-5-6-23(16)2)8-12-14(9)22-15(21-12)13-11(18)3-4-20-17(13)24/h3-4,7-8H,5-6H2,1-2H3,(H,21,22)(H3,18,20,24). The summed E-state index contributed by atoms with van der Waals surface area (Å²) >= 11 is 0. The van der Waals surface area contributed by atoms with Gasteiger partial charge in [-0.3, -0.25) is 9.79 Å². The number of aryl methyl sites for hydroxylation is 1. The number of anilines is 1. The molecule has 3 aromatic rings. The normalized spacial score (nSPS) is 14.4. The molecule has 24 heavy (non-hydrogen) atoms. The molecule has 3 heterocycles. The summed E-state index contributed by atoms with van der Waals surface area (Å²) in [6.07, 6.45) is 1.53. The number of benzene rings is 1. The van der Waals surface area contributed by atoms with Gasteiger partial charge < -0.3 is 20.6 Å². The molecule has 0 amide bonds. The fourth-order valence-electron chi connectivity index (χ4n) is 3.12. The van der Waals surface area contributed by atoms with Crippen LogP contribution in [0, 0.1) is 6.92 Å². The molecule has 0 fully saturated rings. The minimum Gasteiger partial charge on any atom is -0.398 e. The van der Waals surface area contributed by atoms with E-state index in [0.29, 0.717) is 17.1 Å². The lowest BCUT2D eigenvalue weighted by atomic mass is 10.1. The molecule has 0 spiro atoms. The molecule has 1 aliphatic rings. The van der Waals surface area contributed by atoms with Gasteiger partial charge in [0.2, 0.25) is 0 Å². The van der Waals surface area contributed by atoms with E-state index in [0.717, 1.165) is 41.1 Å². The Balaban J connectivity index is 1.90. The zero-order valence-corrected chi connectivity index (χ0v) is 13.6. The van der Waals surface area contributed by atoms with Crippen molar-refractivity contribution >= 4 is 22.6 Å². The summed E-state index contributed by atoms with van der Waals surface area (Å²) in [4.78, 5) is 29.2. The molecule has 7 heteroatoms. The molecular weight excluding hydrogens is 304 g/mol. The van der Waals surface area contributed by atoms with Crippen LogP contribution in [0.15, 0.2) is 34.2 Å². The fraction of sp³-hybridized carbons (Fsp3) is 0.235. The van der Waals surface area contributed by atoms with Crippen molar-refractivity contribution in [2.45, 2.75) is 6.92 Å². The van der Waals surface area contributed by atoms with E-state index in [1.807, 2.05) is 20.0 Å². The number of H-pyrrole nitrogens is 2. The van der Waals surface area contributed by atoms with Crippen LogP contribution in [0.2, 0.25) is 0 Å². The largest absolute Gasteiger partial charge is 0.398 e. The number of aromatic nitrogens is 3. The number of pyridine rings is 1. The maximum absolute atomic E-state index is 12.1. The second kappa shape index (κ2) is 5.23. The monoisotopic (exact) mass is 322 g/mol. The van der Waals surface area contributed by atoms with E-state index in [1.54, 1.807) is 6.07 Å². The lowest BCUT2D eigenvalue weighted by molar-refractivity contribution is 0.557. The molecule has 0 aliphatic carbocycles. The van der Waals surface area contributed by atoms with E-state index in [2.05, 4.69) is 30.9 Å². The van der Waals surface area contributed by atoms with Gasteiger partial charge in [0.25, 0.3) is 5.56 Å². The molecule has 4 rings (SSSR count). The summed E-state index contributed by atoms with van der Waals surface area (Å²) in [6.45, 7) is 3.74. The van der Waals surface area contributed by atoms with Crippen LogP contribution < -0.4 is 11.3 Å². The predicted octanol–water partition coefficient (Wildman–Crippen LogP) is 1.50. The number of hydrogen-bond acceptors (Lipinski definition) is 5. The Morgan fingerprint density at radius 3 is 2.88 bits per heavy atom. The highest BCUT2D eigenvalue weighted by atomic mass is 16.1. The third-order valence-corrected chi connectivity index (χ3v) is 4.32. The predicted molar refractivity (Wildman–Crippen MR) is 95.3 cm³/mol. The topological polar surface area (TPSA) is 103 Å². The summed E-state index contributed by atoms with van der Waals surface area (Å²) in [5.41, 5.74) is 10.2. The van der Waals surface area contributed by atoms with Crippen LogP contribution in [0.1, 0.15) is 11.1 Å². The number of nitrogens with zero attached hydrogens (tertiary/aromatic N) is 3. The van der Waals surface area contributed by atoms with Crippen LogP contribution in [0.25, 0.3) is 22.4 Å². The molecule has 0 saturated carbocycles. The highest BCUT2D eigenvalue weighted by Gasteiger charge is 2.18. The number of hydrogen-bond donors (Lipinski definition) is 3. The number of aromatic amines is 2. The van der Waals surface area contributed by atoms with E-state index >= 15 is 0 Å². The second-order valence-corrected chi connectivity index (χ2v) is 6.04. The maximum Gasteiger partial charge on any atom is 0.261 e. The maximum atomic E-state index is 12.1.